The second-order valence-corrected chi connectivity index (χ2v) is 6.21. The normalized spacial score (nSPS) is 23.3. The van der Waals surface area contributed by atoms with E-state index in [1.54, 1.807) is 0 Å². The lowest BCUT2D eigenvalue weighted by Gasteiger charge is -2.35. The van der Waals surface area contributed by atoms with E-state index in [9.17, 15) is 4.79 Å². The van der Waals surface area contributed by atoms with Gasteiger partial charge < -0.3 is 16.0 Å². The molecule has 0 radical (unpaired) electrons. The lowest BCUT2D eigenvalue weighted by Crippen LogP contribution is -2.47. The van der Waals surface area contributed by atoms with Crippen LogP contribution in [0.2, 0.25) is 0 Å². The number of piperidine rings is 1. The summed E-state index contributed by atoms with van der Waals surface area (Å²) in [6.07, 6.45) is 3.42. The third-order valence-electron chi connectivity index (χ3n) is 4.11. The van der Waals surface area contributed by atoms with Gasteiger partial charge in [0.15, 0.2) is 5.69 Å². The number of amides is 1. The van der Waals surface area contributed by atoms with Crippen LogP contribution < -0.4 is 11.1 Å². The lowest BCUT2D eigenvalue weighted by atomic mass is 9.99. The lowest BCUT2D eigenvalue weighted by molar-refractivity contribution is 0.0892. The molecular formula is C15H25N5O. The summed E-state index contributed by atoms with van der Waals surface area (Å²) < 4.78 is 0. The summed E-state index contributed by atoms with van der Waals surface area (Å²) in [5.74, 6) is 0.616. The van der Waals surface area contributed by atoms with E-state index < -0.39 is 0 Å². The van der Waals surface area contributed by atoms with E-state index in [0.717, 1.165) is 19.4 Å². The van der Waals surface area contributed by atoms with Crippen molar-refractivity contribution < 1.29 is 4.79 Å². The molecule has 1 fully saturated rings. The van der Waals surface area contributed by atoms with Crippen LogP contribution in [0.1, 0.15) is 55.8 Å². The van der Waals surface area contributed by atoms with E-state index in [-0.39, 0.29) is 17.9 Å². The third-order valence-corrected chi connectivity index (χ3v) is 4.11. The first-order chi connectivity index (χ1) is 9.88. The Morgan fingerprint density at radius 2 is 2.24 bits per heavy atom. The molecule has 1 aliphatic rings. The van der Waals surface area contributed by atoms with Gasteiger partial charge in [-0.2, -0.15) is 0 Å². The minimum absolute atomic E-state index is 0.167. The van der Waals surface area contributed by atoms with Crippen molar-refractivity contribution in [2.24, 2.45) is 0 Å². The number of hydrogen-bond donors (Lipinski definition) is 2. The summed E-state index contributed by atoms with van der Waals surface area (Å²) in [5.41, 5.74) is 6.47. The van der Waals surface area contributed by atoms with Crippen LogP contribution in [-0.4, -0.2) is 46.5 Å². The summed E-state index contributed by atoms with van der Waals surface area (Å²) in [6, 6.07) is 0.651. The Morgan fingerprint density at radius 1 is 1.52 bits per heavy atom. The SMILES string of the molecule is CC(C)c1ncc(N)c(C(=O)NC2CCN(C)C(C)C2)n1. The van der Waals surface area contributed by atoms with Crippen molar-refractivity contribution in [3.63, 3.8) is 0 Å². The zero-order chi connectivity index (χ0) is 15.6. The predicted molar refractivity (Wildman–Crippen MR) is 83.1 cm³/mol. The van der Waals surface area contributed by atoms with Crippen LogP contribution in [0.5, 0.6) is 0 Å². The number of anilines is 1. The Bertz CT molecular complexity index is 517. The molecule has 0 aromatic carbocycles. The molecule has 2 heterocycles. The Kier molecular flexibility index (Phi) is 4.77. The molecule has 0 saturated carbocycles. The summed E-state index contributed by atoms with van der Waals surface area (Å²) in [4.78, 5) is 23.2. The van der Waals surface area contributed by atoms with Crippen molar-refractivity contribution in [1.29, 1.82) is 0 Å². The Morgan fingerprint density at radius 3 is 2.86 bits per heavy atom. The molecule has 1 aromatic heterocycles. The second-order valence-electron chi connectivity index (χ2n) is 6.21. The van der Waals surface area contributed by atoms with Gasteiger partial charge in [-0.1, -0.05) is 13.8 Å². The number of rotatable bonds is 3. The second kappa shape index (κ2) is 6.39. The van der Waals surface area contributed by atoms with Gasteiger partial charge in [-0.15, -0.1) is 0 Å². The molecule has 1 aromatic rings. The molecule has 0 aliphatic carbocycles. The molecule has 6 heteroatoms. The maximum absolute atomic E-state index is 12.4. The molecule has 3 N–H and O–H groups in total. The number of nitrogens with one attached hydrogen (secondary N) is 1. The highest BCUT2D eigenvalue weighted by molar-refractivity contribution is 5.97. The van der Waals surface area contributed by atoms with Crippen LogP contribution in [-0.2, 0) is 0 Å². The Labute approximate surface area is 126 Å². The fourth-order valence-corrected chi connectivity index (χ4v) is 2.54. The number of nitrogen functional groups attached to an aromatic ring is 1. The van der Waals surface area contributed by atoms with Crippen LogP contribution >= 0.6 is 0 Å². The van der Waals surface area contributed by atoms with Gasteiger partial charge in [-0.25, -0.2) is 9.97 Å². The zero-order valence-corrected chi connectivity index (χ0v) is 13.3. The van der Waals surface area contributed by atoms with E-state index >= 15 is 0 Å². The van der Waals surface area contributed by atoms with Gasteiger partial charge in [0.1, 0.15) is 5.82 Å². The minimum Gasteiger partial charge on any atom is -0.396 e. The number of nitrogens with two attached hydrogens (primary N) is 1. The summed E-state index contributed by atoms with van der Waals surface area (Å²) in [7, 11) is 2.11. The maximum Gasteiger partial charge on any atom is 0.272 e. The summed E-state index contributed by atoms with van der Waals surface area (Å²) >= 11 is 0. The number of hydrogen-bond acceptors (Lipinski definition) is 5. The van der Waals surface area contributed by atoms with E-state index in [4.69, 9.17) is 5.73 Å². The molecule has 2 atom stereocenters. The summed E-state index contributed by atoms with van der Waals surface area (Å²) in [6.45, 7) is 7.15. The highest BCUT2D eigenvalue weighted by Crippen LogP contribution is 2.17. The topological polar surface area (TPSA) is 84.1 Å². The van der Waals surface area contributed by atoms with Crippen LogP contribution in [0.25, 0.3) is 0 Å². The van der Waals surface area contributed by atoms with Gasteiger partial charge in [0.2, 0.25) is 0 Å². The standard InChI is InChI=1S/C15H25N5O/c1-9(2)14-17-8-12(16)13(19-14)15(21)18-11-5-6-20(4)10(3)7-11/h8-11H,5-7,16H2,1-4H3,(H,18,21). The molecular weight excluding hydrogens is 266 g/mol. The van der Waals surface area contributed by atoms with Crippen LogP contribution in [0, 0.1) is 0 Å². The molecule has 6 nitrogen and oxygen atoms in total. The van der Waals surface area contributed by atoms with E-state index in [1.807, 2.05) is 13.8 Å². The molecule has 1 aliphatic heterocycles. The van der Waals surface area contributed by atoms with Crippen molar-refractivity contribution in [3.05, 3.63) is 17.7 Å². The minimum atomic E-state index is -0.196. The van der Waals surface area contributed by atoms with Crippen LogP contribution in [0.15, 0.2) is 6.20 Å². The van der Waals surface area contributed by atoms with E-state index in [1.165, 1.54) is 6.20 Å². The average molecular weight is 291 g/mol. The molecule has 2 rings (SSSR count). The number of aromatic nitrogens is 2. The van der Waals surface area contributed by atoms with Crippen molar-refractivity contribution in [2.45, 2.75) is 51.6 Å². The average Bonchev–Trinajstić information content (AvgIpc) is 2.43. The Balaban J connectivity index is 2.08. The Hall–Kier alpha value is -1.69. The number of likely N-dealkylation sites (tertiary alicyclic amines) is 1. The highest BCUT2D eigenvalue weighted by Gasteiger charge is 2.25. The molecule has 1 amide bonds. The van der Waals surface area contributed by atoms with Crippen molar-refractivity contribution >= 4 is 11.6 Å². The highest BCUT2D eigenvalue weighted by atomic mass is 16.2. The molecule has 2 unspecified atom stereocenters. The van der Waals surface area contributed by atoms with Crippen LogP contribution in [0.4, 0.5) is 5.69 Å². The molecule has 0 spiro atoms. The number of nitrogens with zero attached hydrogens (tertiary/aromatic N) is 3. The molecule has 116 valence electrons. The smallest absolute Gasteiger partial charge is 0.272 e. The van der Waals surface area contributed by atoms with Gasteiger partial charge in [0, 0.05) is 24.5 Å². The van der Waals surface area contributed by atoms with Gasteiger partial charge in [0.25, 0.3) is 5.91 Å². The van der Waals surface area contributed by atoms with Gasteiger partial charge in [-0.3, -0.25) is 4.79 Å². The molecule has 21 heavy (non-hydrogen) atoms. The first-order valence-corrected chi connectivity index (χ1v) is 7.52. The molecule has 1 saturated heterocycles. The fraction of sp³-hybridized carbons (Fsp3) is 0.667. The molecule has 0 bridgehead atoms. The van der Waals surface area contributed by atoms with Gasteiger partial charge in [0.05, 0.1) is 11.9 Å². The van der Waals surface area contributed by atoms with Crippen molar-refractivity contribution in [1.82, 2.24) is 20.2 Å². The van der Waals surface area contributed by atoms with Crippen molar-refractivity contribution in [2.75, 3.05) is 19.3 Å². The van der Waals surface area contributed by atoms with Gasteiger partial charge >= 0.3 is 0 Å². The fourth-order valence-electron chi connectivity index (χ4n) is 2.54. The monoisotopic (exact) mass is 291 g/mol. The first-order valence-electron chi connectivity index (χ1n) is 7.52. The van der Waals surface area contributed by atoms with Gasteiger partial charge in [-0.05, 0) is 26.8 Å². The quantitative estimate of drug-likeness (QED) is 0.879. The first kappa shape index (κ1) is 15.7. The number of carbonyl (C=O) groups is 1. The zero-order valence-electron chi connectivity index (χ0n) is 13.3. The predicted octanol–water partition coefficient (Wildman–Crippen LogP) is 1.39. The largest absolute Gasteiger partial charge is 0.396 e. The van der Waals surface area contributed by atoms with Crippen molar-refractivity contribution in [3.8, 4) is 0 Å². The van der Waals surface area contributed by atoms with E-state index in [0.29, 0.717) is 23.2 Å². The third kappa shape index (κ3) is 3.69. The van der Waals surface area contributed by atoms with E-state index in [2.05, 4.69) is 34.2 Å². The number of carbonyl (C=O) groups excluding carboxylic acids is 1. The summed E-state index contributed by atoms with van der Waals surface area (Å²) in [5, 5.41) is 3.06. The maximum atomic E-state index is 12.4. The van der Waals surface area contributed by atoms with Crippen LogP contribution in [0.3, 0.4) is 0 Å².